The summed E-state index contributed by atoms with van der Waals surface area (Å²) in [6, 6.07) is 8.54. The van der Waals surface area contributed by atoms with Crippen LogP contribution in [0.4, 0.5) is 30.7 Å². The molecule has 2 aliphatic carbocycles. The van der Waals surface area contributed by atoms with E-state index >= 15 is 8.78 Å². The molecular formula is C31H20F7N7O. The van der Waals surface area contributed by atoms with Crippen molar-refractivity contribution in [2.45, 2.75) is 43.7 Å². The second kappa shape index (κ2) is 10.7. The summed E-state index contributed by atoms with van der Waals surface area (Å²) in [6.45, 7) is -0.868. The molecule has 0 bridgehead atoms. The van der Waals surface area contributed by atoms with Crippen molar-refractivity contribution >= 4 is 16.9 Å². The zero-order valence-corrected chi connectivity index (χ0v) is 23.3. The van der Waals surface area contributed by atoms with Crippen molar-refractivity contribution in [2.75, 3.05) is 0 Å². The highest BCUT2D eigenvalue weighted by atomic mass is 19.3. The van der Waals surface area contributed by atoms with E-state index in [0.717, 1.165) is 18.2 Å². The average Bonchev–Trinajstić information content (AvgIpc) is 3.40. The van der Waals surface area contributed by atoms with Crippen LogP contribution in [0.5, 0.6) is 0 Å². The first-order chi connectivity index (χ1) is 21.9. The number of alkyl halides is 4. The molecule has 1 amide bonds. The lowest BCUT2D eigenvalue weighted by molar-refractivity contribution is -0.123. The Kier molecular flexibility index (Phi) is 6.84. The molecule has 0 aliphatic heterocycles. The van der Waals surface area contributed by atoms with Crippen molar-refractivity contribution in [3.05, 3.63) is 99.9 Å². The molecule has 1 saturated carbocycles. The third-order valence-electron chi connectivity index (χ3n) is 8.34. The van der Waals surface area contributed by atoms with Crippen LogP contribution in [0.3, 0.4) is 0 Å². The molecule has 234 valence electrons. The van der Waals surface area contributed by atoms with Crippen molar-refractivity contribution < 1.29 is 35.5 Å². The van der Waals surface area contributed by atoms with Gasteiger partial charge < -0.3 is 5.32 Å². The van der Waals surface area contributed by atoms with E-state index in [2.05, 4.69) is 25.6 Å². The van der Waals surface area contributed by atoms with Crippen LogP contribution < -0.4 is 5.32 Å². The number of carbonyl (C=O) groups is 1. The number of halogens is 7. The maximum absolute atomic E-state index is 15.1. The van der Waals surface area contributed by atoms with Crippen molar-refractivity contribution in [3.8, 4) is 17.2 Å². The molecule has 15 heteroatoms. The Bertz CT molecular complexity index is 2060. The molecule has 5 aromatic rings. The zero-order valence-electron chi connectivity index (χ0n) is 23.3. The molecule has 0 saturated heterocycles. The number of amides is 1. The molecule has 2 aliphatic rings. The van der Waals surface area contributed by atoms with Crippen molar-refractivity contribution in [2.24, 2.45) is 5.92 Å². The normalized spacial score (nSPS) is 18.3. The summed E-state index contributed by atoms with van der Waals surface area (Å²) >= 11 is 0. The molecule has 2 aromatic carbocycles. The van der Waals surface area contributed by atoms with Crippen molar-refractivity contribution in [1.29, 1.82) is 5.26 Å². The molecule has 3 heterocycles. The van der Waals surface area contributed by atoms with Gasteiger partial charge in [0.15, 0.2) is 0 Å². The number of nitrogens with one attached hydrogen (secondary N) is 2. The first kappa shape index (κ1) is 29.5. The molecule has 0 radical (unpaired) electrons. The first-order valence-electron chi connectivity index (χ1n) is 14.0. The third kappa shape index (κ3) is 4.93. The second-order valence-corrected chi connectivity index (χ2v) is 11.3. The van der Waals surface area contributed by atoms with Crippen LogP contribution >= 0.6 is 0 Å². The van der Waals surface area contributed by atoms with Gasteiger partial charge in [-0.1, -0.05) is 6.07 Å². The van der Waals surface area contributed by atoms with E-state index in [1.807, 2.05) is 0 Å². The van der Waals surface area contributed by atoms with E-state index in [-0.39, 0.29) is 46.4 Å². The van der Waals surface area contributed by atoms with Gasteiger partial charge >= 0.3 is 0 Å². The highest BCUT2D eigenvalue weighted by Crippen LogP contribution is 2.68. The van der Waals surface area contributed by atoms with Gasteiger partial charge in [0, 0.05) is 23.1 Å². The summed E-state index contributed by atoms with van der Waals surface area (Å²) < 4.78 is 102. The zero-order chi connectivity index (χ0) is 32.5. The SMILES string of the molecule is N#Cc1ccc(-c2cc3[nH]ncc3nc2[C@H](Cc2cc(F)cc(F)c2)NC(=O)Cn2nc(C(F)F)c3c2C(F)(F)[C@@H]2C[C@H]32)cc1F. The highest BCUT2D eigenvalue weighted by molar-refractivity contribution is 5.83. The number of H-pyrrole nitrogens is 1. The molecule has 46 heavy (non-hydrogen) atoms. The third-order valence-corrected chi connectivity index (χ3v) is 8.34. The van der Waals surface area contributed by atoms with Crippen LogP contribution in [-0.4, -0.2) is 30.9 Å². The Hall–Kier alpha value is -5.26. The van der Waals surface area contributed by atoms with Crippen molar-refractivity contribution in [3.63, 3.8) is 0 Å². The number of carbonyl (C=O) groups excluding carboxylic acids is 1. The van der Waals surface area contributed by atoms with E-state index in [0.29, 0.717) is 21.8 Å². The fourth-order valence-electron chi connectivity index (χ4n) is 6.30. The van der Waals surface area contributed by atoms with E-state index in [4.69, 9.17) is 0 Å². The topological polar surface area (TPSA) is 112 Å². The van der Waals surface area contributed by atoms with Crippen LogP contribution in [0.2, 0.25) is 0 Å². The number of rotatable bonds is 8. The Labute approximate surface area is 254 Å². The largest absolute Gasteiger partial charge is 0.346 e. The summed E-state index contributed by atoms with van der Waals surface area (Å²) in [5.41, 5.74) is -0.625. The van der Waals surface area contributed by atoms with Gasteiger partial charge in [0.1, 0.15) is 47.0 Å². The number of nitrogens with zero attached hydrogens (tertiary/aromatic N) is 5. The summed E-state index contributed by atoms with van der Waals surface area (Å²) in [5.74, 6) is -8.94. The Morgan fingerprint density at radius 2 is 1.87 bits per heavy atom. The lowest BCUT2D eigenvalue weighted by atomic mass is 9.94. The average molecular weight is 640 g/mol. The lowest BCUT2D eigenvalue weighted by Gasteiger charge is -2.23. The molecular weight excluding hydrogens is 619 g/mol. The number of pyridine rings is 1. The number of nitriles is 1. The van der Waals surface area contributed by atoms with Gasteiger partial charge in [-0.05, 0) is 60.2 Å². The van der Waals surface area contributed by atoms with Crippen molar-refractivity contribution in [1.82, 2.24) is 30.3 Å². The van der Waals surface area contributed by atoms with E-state index in [1.54, 1.807) is 12.1 Å². The maximum Gasteiger partial charge on any atom is 0.293 e. The molecule has 7 rings (SSSR count). The molecule has 1 fully saturated rings. The Balaban J connectivity index is 1.30. The van der Waals surface area contributed by atoms with Gasteiger partial charge in [-0.15, -0.1) is 0 Å². The van der Waals surface area contributed by atoms with Gasteiger partial charge in [0.05, 0.1) is 29.0 Å². The van der Waals surface area contributed by atoms with Gasteiger partial charge in [0.2, 0.25) is 5.91 Å². The monoisotopic (exact) mass is 639 g/mol. The molecule has 0 unspecified atom stereocenters. The molecule has 3 aromatic heterocycles. The van der Waals surface area contributed by atoms with Gasteiger partial charge in [0.25, 0.3) is 12.3 Å². The van der Waals surface area contributed by atoms with Crippen LogP contribution in [0.15, 0.2) is 48.7 Å². The number of benzene rings is 2. The molecule has 2 N–H and O–H groups in total. The van der Waals surface area contributed by atoms with Crippen LogP contribution in [0.25, 0.3) is 22.2 Å². The minimum Gasteiger partial charge on any atom is -0.346 e. The second-order valence-electron chi connectivity index (χ2n) is 11.3. The Morgan fingerprint density at radius 1 is 1.11 bits per heavy atom. The molecule has 0 spiro atoms. The Morgan fingerprint density at radius 3 is 2.57 bits per heavy atom. The summed E-state index contributed by atoms with van der Waals surface area (Å²) in [4.78, 5) is 18.1. The minimum absolute atomic E-state index is 0.0464. The minimum atomic E-state index is -3.46. The quantitative estimate of drug-likeness (QED) is 0.192. The number of aromatic nitrogens is 5. The predicted octanol–water partition coefficient (Wildman–Crippen LogP) is 6.36. The number of fused-ring (bicyclic) bond motifs is 4. The van der Waals surface area contributed by atoms with Crippen LogP contribution in [0.1, 0.15) is 58.6 Å². The van der Waals surface area contributed by atoms with Gasteiger partial charge in [-0.3, -0.25) is 14.6 Å². The number of aromatic amines is 1. The van der Waals surface area contributed by atoms with Gasteiger partial charge in [-0.25, -0.2) is 26.9 Å². The predicted molar refractivity (Wildman–Crippen MR) is 147 cm³/mol. The number of hydrogen-bond acceptors (Lipinski definition) is 5. The van der Waals surface area contributed by atoms with Crippen LogP contribution in [-0.2, 0) is 23.7 Å². The lowest BCUT2D eigenvalue weighted by Crippen LogP contribution is -2.35. The number of hydrogen-bond donors (Lipinski definition) is 2. The molecule has 8 nitrogen and oxygen atoms in total. The standard InChI is InChI=1S/C31H20F7N7O/c32-16-3-13(4-17(33)7-16)5-23(27-18(9-22-24(42-27)11-40-43-22)14-1-2-15(10-39)21(34)6-14)41-25(46)12-45-29-26(28(44-45)30(35)36)19-8-20(19)31(29,37)38/h1-4,6-7,9,11,19-20,23,30H,5,8,12H2,(H,40,43)(H,41,46)/t19-,20+,23-/m0/s1. The smallest absolute Gasteiger partial charge is 0.293 e. The summed E-state index contributed by atoms with van der Waals surface area (Å²) in [6.07, 6.45) is -1.99. The highest BCUT2D eigenvalue weighted by Gasteiger charge is 2.67. The first-order valence-corrected chi connectivity index (χ1v) is 14.0. The van der Waals surface area contributed by atoms with E-state index in [9.17, 15) is 32.0 Å². The van der Waals surface area contributed by atoms with Gasteiger partial charge in [-0.2, -0.15) is 24.2 Å². The van der Waals surface area contributed by atoms with E-state index in [1.165, 1.54) is 18.3 Å². The maximum atomic E-state index is 15.1. The summed E-state index contributed by atoms with van der Waals surface area (Å²) in [7, 11) is 0. The fraction of sp³-hybridized carbons (Fsp3) is 0.258. The molecule has 3 atom stereocenters. The van der Waals surface area contributed by atoms with E-state index < -0.39 is 71.5 Å². The van der Waals surface area contributed by atoms with Crippen LogP contribution in [0, 0.1) is 34.7 Å². The summed E-state index contributed by atoms with van der Waals surface area (Å²) in [5, 5.41) is 22.2. The fourth-order valence-corrected chi connectivity index (χ4v) is 6.30.